The largest absolute Gasteiger partial charge is 0.392 e. The van der Waals surface area contributed by atoms with E-state index in [1.807, 2.05) is 6.92 Å². The van der Waals surface area contributed by atoms with Crippen molar-refractivity contribution in [1.82, 2.24) is 10.1 Å². The predicted octanol–water partition coefficient (Wildman–Crippen LogP) is 2.99. The topological polar surface area (TPSA) is 49.5 Å². The summed E-state index contributed by atoms with van der Waals surface area (Å²) in [7, 11) is 0. The molecular weight excluding hydrogens is 264 g/mol. The molecule has 1 aliphatic rings. The molecule has 1 saturated heterocycles. The van der Waals surface area contributed by atoms with Crippen LogP contribution in [0.4, 0.5) is 0 Å². The zero-order chi connectivity index (χ0) is 15.4. The first-order chi connectivity index (χ1) is 9.95. The minimum Gasteiger partial charge on any atom is -0.392 e. The summed E-state index contributed by atoms with van der Waals surface area (Å²) in [5, 5.41) is 13.8. The fourth-order valence-electron chi connectivity index (χ4n) is 3.04. The maximum atomic E-state index is 9.60. The minimum atomic E-state index is -0.144. The lowest BCUT2D eigenvalue weighted by atomic mass is 9.89. The van der Waals surface area contributed by atoms with Crippen molar-refractivity contribution in [3.8, 4) is 0 Å². The molecule has 1 fully saturated rings. The van der Waals surface area contributed by atoms with Crippen molar-refractivity contribution in [2.24, 2.45) is 5.92 Å². The summed E-state index contributed by atoms with van der Waals surface area (Å²) in [6.45, 7) is 13.2. The summed E-state index contributed by atoms with van der Waals surface area (Å²) in [4.78, 5) is 2.34. The lowest BCUT2D eigenvalue weighted by Gasteiger charge is -2.21. The number of likely N-dealkylation sites (tertiary alicyclic amines) is 1. The molecule has 0 bridgehead atoms. The number of β-amino-alcohol motifs (C(OH)–C–C–N with tert-alkyl or cyclic N) is 1. The molecule has 1 aromatic rings. The van der Waals surface area contributed by atoms with E-state index in [9.17, 15) is 5.11 Å². The van der Waals surface area contributed by atoms with Crippen molar-refractivity contribution in [1.29, 1.82) is 0 Å². The Labute approximate surface area is 127 Å². The Bertz CT molecular complexity index is 467. The standard InChI is InChI=1S/C17H28N2O2/c1-12(2)9-14-10-17(21-18-14)16(13(3)4)6-8-19-7-5-15(20)11-19/h10,13,15-16,20H,1,5-9,11H2,2-4H3/t15?,16-/m1/s1. The van der Waals surface area contributed by atoms with Gasteiger partial charge in [0.15, 0.2) is 0 Å². The van der Waals surface area contributed by atoms with Crippen molar-refractivity contribution in [2.45, 2.75) is 52.1 Å². The highest BCUT2D eigenvalue weighted by Crippen LogP contribution is 2.29. The van der Waals surface area contributed by atoms with E-state index in [0.29, 0.717) is 11.8 Å². The van der Waals surface area contributed by atoms with Crippen LogP contribution in [0.2, 0.25) is 0 Å². The van der Waals surface area contributed by atoms with Gasteiger partial charge in [-0.25, -0.2) is 0 Å². The molecule has 1 aromatic heterocycles. The number of aliphatic hydroxyl groups is 1. The van der Waals surface area contributed by atoms with Crippen molar-refractivity contribution >= 4 is 0 Å². The Kier molecular flexibility index (Phi) is 5.59. The van der Waals surface area contributed by atoms with Crippen molar-refractivity contribution < 1.29 is 9.63 Å². The van der Waals surface area contributed by atoms with Gasteiger partial charge >= 0.3 is 0 Å². The molecule has 0 spiro atoms. The minimum absolute atomic E-state index is 0.144. The Morgan fingerprint density at radius 3 is 2.90 bits per heavy atom. The molecule has 4 nitrogen and oxygen atoms in total. The highest BCUT2D eigenvalue weighted by molar-refractivity contribution is 5.15. The summed E-state index contributed by atoms with van der Waals surface area (Å²) in [6.07, 6.45) is 2.59. The molecule has 0 radical (unpaired) electrons. The van der Waals surface area contributed by atoms with Gasteiger partial charge in [0.2, 0.25) is 0 Å². The lowest BCUT2D eigenvalue weighted by Crippen LogP contribution is -2.25. The van der Waals surface area contributed by atoms with E-state index < -0.39 is 0 Å². The van der Waals surface area contributed by atoms with Crippen LogP contribution in [0.1, 0.15) is 51.0 Å². The van der Waals surface area contributed by atoms with E-state index in [-0.39, 0.29) is 6.10 Å². The van der Waals surface area contributed by atoms with E-state index in [1.165, 1.54) is 0 Å². The van der Waals surface area contributed by atoms with Crippen LogP contribution >= 0.6 is 0 Å². The molecule has 0 saturated carbocycles. The van der Waals surface area contributed by atoms with Crippen LogP contribution in [0, 0.1) is 5.92 Å². The average molecular weight is 292 g/mol. The summed E-state index contributed by atoms with van der Waals surface area (Å²) in [6, 6.07) is 2.08. The molecule has 0 aliphatic carbocycles. The van der Waals surface area contributed by atoms with E-state index in [1.54, 1.807) is 0 Å². The zero-order valence-corrected chi connectivity index (χ0v) is 13.5. The molecule has 0 amide bonds. The van der Waals surface area contributed by atoms with Crippen LogP contribution in [0.15, 0.2) is 22.7 Å². The zero-order valence-electron chi connectivity index (χ0n) is 13.5. The van der Waals surface area contributed by atoms with Crippen LogP contribution in [0.5, 0.6) is 0 Å². The number of allylic oxidation sites excluding steroid dienone is 1. The van der Waals surface area contributed by atoms with Crippen LogP contribution in [0.25, 0.3) is 0 Å². The summed E-state index contributed by atoms with van der Waals surface area (Å²) < 4.78 is 5.57. The molecular formula is C17H28N2O2. The van der Waals surface area contributed by atoms with E-state index in [2.05, 4.69) is 36.5 Å². The first kappa shape index (κ1) is 16.2. The number of hydrogen-bond donors (Lipinski definition) is 1. The second-order valence-electron chi connectivity index (χ2n) is 6.74. The number of hydrogen-bond acceptors (Lipinski definition) is 4. The highest BCUT2D eigenvalue weighted by Gasteiger charge is 2.24. The number of rotatable bonds is 7. The maximum Gasteiger partial charge on any atom is 0.140 e. The SMILES string of the molecule is C=C(C)Cc1cc([C@H](CCN2CCC(O)C2)C(C)C)on1. The van der Waals surface area contributed by atoms with Gasteiger partial charge < -0.3 is 14.5 Å². The molecule has 1 aliphatic heterocycles. The molecule has 118 valence electrons. The Morgan fingerprint density at radius 2 is 2.33 bits per heavy atom. The van der Waals surface area contributed by atoms with Crippen LogP contribution < -0.4 is 0 Å². The smallest absolute Gasteiger partial charge is 0.140 e. The van der Waals surface area contributed by atoms with Crippen molar-refractivity contribution in [3.63, 3.8) is 0 Å². The van der Waals surface area contributed by atoms with Gasteiger partial charge in [-0.1, -0.05) is 31.2 Å². The first-order valence-electron chi connectivity index (χ1n) is 7.96. The Morgan fingerprint density at radius 1 is 1.57 bits per heavy atom. The summed E-state index contributed by atoms with van der Waals surface area (Å²) >= 11 is 0. The summed E-state index contributed by atoms with van der Waals surface area (Å²) in [5.74, 6) is 1.89. The van der Waals surface area contributed by atoms with Gasteiger partial charge in [0.1, 0.15) is 5.76 Å². The van der Waals surface area contributed by atoms with Crippen molar-refractivity contribution in [2.75, 3.05) is 19.6 Å². The fourth-order valence-corrected chi connectivity index (χ4v) is 3.04. The monoisotopic (exact) mass is 292 g/mol. The van der Waals surface area contributed by atoms with Gasteiger partial charge in [-0.2, -0.15) is 0 Å². The van der Waals surface area contributed by atoms with E-state index in [0.717, 1.165) is 55.9 Å². The van der Waals surface area contributed by atoms with Gasteiger partial charge in [0.25, 0.3) is 0 Å². The quantitative estimate of drug-likeness (QED) is 0.785. The third-order valence-corrected chi connectivity index (χ3v) is 4.23. The molecule has 1 N–H and O–H groups in total. The predicted molar refractivity (Wildman–Crippen MR) is 84.3 cm³/mol. The average Bonchev–Trinajstić information content (AvgIpc) is 2.98. The molecule has 2 heterocycles. The molecule has 2 rings (SSSR count). The maximum absolute atomic E-state index is 9.60. The van der Waals surface area contributed by atoms with E-state index >= 15 is 0 Å². The van der Waals surface area contributed by atoms with Gasteiger partial charge in [-0.3, -0.25) is 0 Å². The molecule has 4 heteroatoms. The molecule has 1 unspecified atom stereocenters. The Balaban J connectivity index is 1.94. The third-order valence-electron chi connectivity index (χ3n) is 4.23. The van der Waals surface area contributed by atoms with Gasteiger partial charge in [0, 0.05) is 31.5 Å². The van der Waals surface area contributed by atoms with Gasteiger partial charge in [-0.05, 0) is 32.2 Å². The number of nitrogens with zero attached hydrogens (tertiary/aromatic N) is 2. The molecule has 0 aromatic carbocycles. The first-order valence-corrected chi connectivity index (χ1v) is 7.96. The second kappa shape index (κ2) is 7.23. The summed E-state index contributed by atoms with van der Waals surface area (Å²) in [5.41, 5.74) is 2.07. The van der Waals surface area contributed by atoms with Gasteiger partial charge in [-0.15, -0.1) is 0 Å². The Hall–Kier alpha value is -1.13. The van der Waals surface area contributed by atoms with Crippen molar-refractivity contribution in [3.05, 3.63) is 29.7 Å². The third kappa shape index (κ3) is 4.68. The van der Waals surface area contributed by atoms with Crippen LogP contribution in [-0.2, 0) is 6.42 Å². The van der Waals surface area contributed by atoms with Gasteiger partial charge in [0.05, 0.1) is 11.8 Å². The molecule has 2 atom stereocenters. The lowest BCUT2D eigenvalue weighted by molar-refractivity contribution is 0.173. The highest BCUT2D eigenvalue weighted by atomic mass is 16.5. The van der Waals surface area contributed by atoms with Crippen LogP contribution in [-0.4, -0.2) is 40.9 Å². The normalized spacial score (nSPS) is 21.1. The molecule has 21 heavy (non-hydrogen) atoms. The number of aromatic nitrogens is 1. The van der Waals surface area contributed by atoms with E-state index in [4.69, 9.17) is 4.52 Å². The second-order valence-corrected chi connectivity index (χ2v) is 6.74. The fraction of sp³-hybridized carbons (Fsp3) is 0.706. The number of aliphatic hydroxyl groups excluding tert-OH is 1. The van der Waals surface area contributed by atoms with Crippen LogP contribution in [0.3, 0.4) is 0 Å².